The molecule has 1 aliphatic heterocycles. The van der Waals surface area contributed by atoms with Crippen molar-refractivity contribution in [2.45, 2.75) is 32.4 Å². The van der Waals surface area contributed by atoms with Gasteiger partial charge in [0.25, 0.3) is 0 Å². The molecule has 0 saturated carbocycles. The lowest BCUT2D eigenvalue weighted by molar-refractivity contribution is 0.726. The normalized spacial score (nSPS) is 17.2. The van der Waals surface area contributed by atoms with Crippen LogP contribution in [0.25, 0.3) is 0 Å². The molecule has 22 heavy (non-hydrogen) atoms. The second-order valence-electron chi connectivity index (χ2n) is 5.95. The highest BCUT2D eigenvalue weighted by atomic mass is 15.1. The zero-order chi connectivity index (χ0) is 15.4. The molecule has 0 fully saturated rings. The highest BCUT2D eigenvalue weighted by Gasteiger charge is 2.13. The van der Waals surface area contributed by atoms with Gasteiger partial charge < -0.3 is 11.1 Å². The summed E-state index contributed by atoms with van der Waals surface area (Å²) < 4.78 is 0. The van der Waals surface area contributed by atoms with Gasteiger partial charge in [-0.15, -0.1) is 0 Å². The smallest absolute Gasteiger partial charge is 0.128 e. The Morgan fingerprint density at radius 2 is 1.50 bits per heavy atom. The Labute approximate surface area is 132 Å². The molecule has 0 aromatic heterocycles. The Balaban J connectivity index is 1.59. The van der Waals surface area contributed by atoms with E-state index >= 15 is 0 Å². The number of nitrogens with one attached hydrogen (secondary N) is 1. The average Bonchev–Trinajstić information content (AvgIpc) is 3.00. The molecule has 3 N–H and O–H groups in total. The third kappa shape index (κ3) is 3.55. The first-order valence-corrected chi connectivity index (χ1v) is 7.93. The first-order chi connectivity index (χ1) is 10.7. The number of hydrogen-bond acceptors (Lipinski definition) is 3. The average molecular weight is 293 g/mol. The van der Waals surface area contributed by atoms with Crippen molar-refractivity contribution in [2.75, 3.05) is 6.54 Å². The van der Waals surface area contributed by atoms with Gasteiger partial charge in [0.1, 0.15) is 5.84 Å². The number of nitrogens with two attached hydrogens (primary N) is 1. The van der Waals surface area contributed by atoms with E-state index in [1.165, 1.54) is 22.3 Å². The van der Waals surface area contributed by atoms with E-state index in [0.29, 0.717) is 12.6 Å². The fourth-order valence-electron chi connectivity index (χ4n) is 2.69. The lowest BCUT2D eigenvalue weighted by Gasteiger charge is -2.07. The van der Waals surface area contributed by atoms with Crippen molar-refractivity contribution in [3.63, 3.8) is 0 Å². The molecule has 0 saturated heterocycles. The lowest BCUT2D eigenvalue weighted by atomic mass is 10.0. The van der Waals surface area contributed by atoms with Gasteiger partial charge in [0, 0.05) is 18.2 Å². The van der Waals surface area contributed by atoms with Crippen LogP contribution in [-0.2, 0) is 19.4 Å². The second-order valence-corrected chi connectivity index (χ2v) is 5.95. The van der Waals surface area contributed by atoms with Crippen LogP contribution in [0.1, 0.15) is 29.2 Å². The summed E-state index contributed by atoms with van der Waals surface area (Å²) in [5, 5.41) is 3.40. The molecule has 114 valence electrons. The van der Waals surface area contributed by atoms with Crippen molar-refractivity contribution >= 4 is 5.84 Å². The molecule has 2 aromatic rings. The van der Waals surface area contributed by atoms with Gasteiger partial charge in [-0.1, -0.05) is 48.5 Å². The number of amidine groups is 1. The molecule has 0 bridgehead atoms. The Morgan fingerprint density at radius 3 is 2.00 bits per heavy atom. The van der Waals surface area contributed by atoms with Crippen molar-refractivity contribution in [1.82, 2.24) is 5.32 Å². The lowest BCUT2D eigenvalue weighted by Crippen LogP contribution is -2.27. The molecule has 1 unspecified atom stereocenters. The summed E-state index contributed by atoms with van der Waals surface area (Å²) in [6.45, 7) is 3.63. The van der Waals surface area contributed by atoms with E-state index in [-0.39, 0.29) is 0 Å². The monoisotopic (exact) mass is 293 g/mol. The van der Waals surface area contributed by atoms with Crippen molar-refractivity contribution in [3.05, 3.63) is 70.8 Å². The summed E-state index contributed by atoms with van der Waals surface area (Å²) >= 11 is 0. The highest BCUT2D eigenvalue weighted by molar-refractivity contribution is 6.00. The third-order valence-corrected chi connectivity index (χ3v) is 4.09. The number of benzene rings is 2. The minimum Gasteiger partial charge on any atom is -0.366 e. The summed E-state index contributed by atoms with van der Waals surface area (Å²) in [7, 11) is 0. The molecule has 2 aromatic carbocycles. The van der Waals surface area contributed by atoms with Crippen LogP contribution in [0.15, 0.2) is 53.5 Å². The predicted molar refractivity (Wildman–Crippen MR) is 92.2 cm³/mol. The summed E-state index contributed by atoms with van der Waals surface area (Å²) in [6, 6.07) is 17.8. The molecule has 3 rings (SSSR count). The van der Waals surface area contributed by atoms with E-state index < -0.39 is 0 Å². The molecule has 0 aliphatic carbocycles. The molecule has 3 heteroatoms. The predicted octanol–water partition coefficient (Wildman–Crippen LogP) is 2.67. The Hall–Kier alpha value is -2.13. The third-order valence-electron chi connectivity index (χ3n) is 4.09. The summed E-state index contributed by atoms with van der Waals surface area (Å²) in [5.74, 6) is 1.02. The van der Waals surface area contributed by atoms with Crippen molar-refractivity contribution in [2.24, 2.45) is 10.7 Å². The van der Waals surface area contributed by atoms with Crippen molar-refractivity contribution in [3.8, 4) is 0 Å². The quantitative estimate of drug-likeness (QED) is 0.890. The van der Waals surface area contributed by atoms with E-state index in [1.54, 1.807) is 0 Å². The van der Waals surface area contributed by atoms with Crippen LogP contribution < -0.4 is 11.1 Å². The minimum absolute atomic E-state index is 0.450. The zero-order valence-corrected chi connectivity index (χ0v) is 13.0. The molecule has 1 heterocycles. The van der Waals surface area contributed by atoms with E-state index in [0.717, 1.165) is 25.2 Å². The second kappa shape index (κ2) is 6.75. The van der Waals surface area contributed by atoms with E-state index in [1.807, 2.05) is 0 Å². The molecular weight excluding hydrogens is 270 g/mol. The van der Waals surface area contributed by atoms with E-state index in [2.05, 4.69) is 65.8 Å². The number of nitrogens with zero attached hydrogens (tertiary/aromatic N) is 1. The summed E-state index contributed by atoms with van der Waals surface area (Å²) in [4.78, 5) is 4.52. The first kappa shape index (κ1) is 14.8. The first-order valence-electron chi connectivity index (χ1n) is 7.93. The highest BCUT2D eigenvalue weighted by Crippen LogP contribution is 2.12. The van der Waals surface area contributed by atoms with Gasteiger partial charge in [-0.2, -0.15) is 0 Å². The van der Waals surface area contributed by atoms with Crippen LogP contribution in [0.5, 0.6) is 0 Å². The zero-order valence-electron chi connectivity index (χ0n) is 13.0. The largest absolute Gasteiger partial charge is 0.366 e. The molecule has 0 spiro atoms. The standard InChI is InChI=1S/C19H23N3/c1-14-13-21-19(22-14)18-10-8-16(9-11-18)3-2-15-4-6-17(12-20)7-5-15/h4-11,14H,2-3,12-13,20H2,1H3,(H,21,22). The fraction of sp³-hybridized carbons (Fsp3) is 0.316. The van der Waals surface area contributed by atoms with Crippen LogP contribution in [0.4, 0.5) is 0 Å². The fourth-order valence-corrected chi connectivity index (χ4v) is 2.69. The molecule has 0 amide bonds. The Morgan fingerprint density at radius 1 is 0.955 bits per heavy atom. The molecule has 1 aliphatic rings. The maximum absolute atomic E-state index is 5.62. The van der Waals surface area contributed by atoms with Crippen molar-refractivity contribution in [1.29, 1.82) is 0 Å². The SMILES string of the molecule is CC1CN=C(c2ccc(CCc3ccc(CN)cc3)cc2)N1. The van der Waals surface area contributed by atoms with E-state index in [4.69, 9.17) is 5.73 Å². The summed E-state index contributed by atoms with van der Waals surface area (Å²) in [6.07, 6.45) is 2.11. The maximum atomic E-state index is 5.62. The van der Waals surface area contributed by atoms with Crippen LogP contribution in [0.3, 0.4) is 0 Å². The number of aliphatic imine (C=N–C) groups is 1. The van der Waals surface area contributed by atoms with Crippen LogP contribution >= 0.6 is 0 Å². The molecule has 3 nitrogen and oxygen atoms in total. The van der Waals surface area contributed by atoms with Crippen LogP contribution in [0, 0.1) is 0 Å². The van der Waals surface area contributed by atoms with Gasteiger partial charge in [0.15, 0.2) is 0 Å². The number of rotatable bonds is 5. The van der Waals surface area contributed by atoms with Gasteiger partial charge >= 0.3 is 0 Å². The van der Waals surface area contributed by atoms with Gasteiger partial charge in [0.2, 0.25) is 0 Å². The van der Waals surface area contributed by atoms with Crippen molar-refractivity contribution < 1.29 is 0 Å². The van der Waals surface area contributed by atoms with Gasteiger partial charge in [-0.05, 0) is 36.5 Å². The topological polar surface area (TPSA) is 50.4 Å². The molecule has 1 atom stereocenters. The minimum atomic E-state index is 0.450. The summed E-state index contributed by atoms with van der Waals surface area (Å²) in [5.41, 5.74) is 10.7. The number of aryl methyl sites for hydroxylation is 2. The molecular formula is C19H23N3. The van der Waals surface area contributed by atoms with E-state index in [9.17, 15) is 0 Å². The van der Waals surface area contributed by atoms with Gasteiger partial charge in [-0.3, -0.25) is 4.99 Å². The van der Waals surface area contributed by atoms with Crippen LogP contribution in [-0.4, -0.2) is 18.4 Å². The Kier molecular flexibility index (Phi) is 4.54. The van der Waals surface area contributed by atoms with Crippen LogP contribution in [0.2, 0.25) is 0 Å². The maximum Gasteiger partial charge on any atom is 0.128 e. The van der Waals surface area contributed by atoms with Gasteiger partial charge in [0.05, 0.1) is 6.54 Å². The molecule has 0 radical (unpaired) electrons. The van der Waals surface area contributed by atoms with Gasteiger partial charge in [-0.25, -0.2) is 0 Å². The number of hydrogen-bond donors (Lipinski definition) is 2. The Bertz CT molecular complexity index is 641.